The number of anilines is 1. The van der Waals surface area contributed by atoms with Crippen LogP contribution in [0.3, 0.4) is 0 Å². The van der Waals surface area contributed by atoms with Crippen LogP contribution in [0.1, 0.15) is 39.7 Å². The molecule has 1 aromatic rings. The molecule has 2 aliphatic heterocycles. The molecule has 2 atom stereocenters. The van der Waals surface area contributed by atoms with Gasteiger partial charge in [0.25, 0.3) is 0 Å². The van der Waals surface area contributed by atoms with Crippen LogP contribution in [-0.4, -0.2) is 41.2 Å². The SMILES string of the molecule is CC(C)NC(=O)C(C)(C)C(=O)N1C[C@]2(C[C@H]1C#N)C(=O)Nc1ccccc12. The number of rotatable bonds is 3. The van der Waals surface area contributed by atoms with E-state index in [1.54, 1.807) is 13.8 Å². The first-order chi connectivity index (χ1) is 12.6. The van der Waals surface area contributed by atoms with Crippen LogP contribution in [-0.2, 0) is 19.8 Å². The molecular weight excluding hydrogens is 344 g/mol. The first kappa shape index (κ1) is 18.9. The molecule has 7 heteroatoms. The van der Waals surface area contributed by atoms with Gasteiger partial charge in [0.15, 0.2) is 0 Å². The molecule has 1 spiro atoms. The fraction of sp³-hybridized carbons (Fsp3) is 0.500. The predicted octanol–water partition coefficient (Wildman–Crippen LogP) is 1.55. The van der Waals surface area contributed by atoms with Gasteiger partial charge < -0.3 is 15.5 Å². The summed E-state index contributed by atoms with van der Waals surface area (Å²) < 4.78 is 0. The van der Waals surface area contributed by atoms with Gasteiger partial charge in [0.05, 0.1) is 11.5 Å². The topological polar surface area (TPSA) is 102 Å². The Labute approximate surface area is 158 Å². The van der Waals surface area contributed by atoms with Crippen LogP contribution in [0.15, 0.2) is 24.3 Å². The van der Waals surface area contributed by atoms with E-state index < -0.39 is 28.7 Å². The van der Waals surface area contributed by atoms with Crippen molar-refractivity contribution in [3.05, 3.63) is 29.8 Å². The number of benzene rings is 1. The van der Waals surface area contributed by atoms with Crippen molar-refractivity contribution in [1.82, 2.24) is 10.2 Å². The summed E-state index contributed by atoms with van der Waals surface area (Å²) >= 11 is 0. The Balaban J connectivity index is 1.94. The van der Waals surface area contributed by atoms with Crippen molar-refractivity contribution in [2.24, 2.45) is 5.41 Å². The van der Waals surface area contributed by atoms with Crippen molar-refractivity contribution in [3.63, 3.8) is 0 Å². The summed E-state index contributed by atoms with van der Waals surface area (Å²) in [6.07, 6.45) is 0.222. The summed E-state index contributed by atoms with van der Waals surface area (Å²) in [7, 11) is 0. The van der Waals surface area contributed by atoms with Crippen molar-refractivity contribution in [3.8, 4) is 6.07 Å². The largest absolute Gasteiger partial charge is 0.353 e. The lowest BCUT2D eigenvalue weighted by Gasteiger charge is -2.31. The number of nitrogens with zero attached hydrogens (tertiary/aromatic N) is 2. The van der Waals surface area contributed by atoms with E-state index in [4.69, 9.17) is 0 Å². The van der Waals surface area contributed by atoms with Gasteiger partial charge in [0.1, 0.15) is 11.5 Å². The molecule has 2 aliphatic rings. The number of para-hydroxylation sites is 1. The van der Waals surface area contributed by atoms with Gasteiger partial charge in [-0.15, -0.1) is 0 Å². The number of hydrogen-bond donors (Lipinski definition) is 2. The molecule has 0 bridgehead atoms. The quantitative estimate of drug-likeness (QED) is 0.790. The first-order valence-electron chi connectivity index (χ1n) is 9.06. The second-order valence-electron chi connectivity index (χ2n) is 8.12. The number of carbonyl (C=O) groups is 3. The third kappa shape index (κ3) is 2.85. The molecule has 1 aromatic carbocycles. The smallest absolute Gasteiger partial charge is 0.238 e. The second-order valence-corrected chi connectivity index (χ2v) is 8.12. The molecule has 0 saturated carbocycles. The lowest BCUT2D eigenvalue weighted by Crippen LogP contribution is -2.52. The molecule has 7 nitrogen and oxygen atoms in total. The highest BCUT2D eigenvalue weighted by Gasteiger charge is 2.57. The fourth-order valence-electron chi connectivity index (χ4n) is 3.87. The van der Waals surface area contributed by atoms with Gasteiger partial charge in [-0.1, -0.05) is 18.2 Å². The maximum absolute atomic E-state index is 13.2. The van der Waals surface area contributed by atoms with E-state index in [1.807, 2.05) is 38.1 Å². The molecule has 27 heavy (non-hydrogen) atoms. The van der Waals surface area contributed by atoms with E-state index in [9.17, 15) is 19.6 Å². The molecule has 142 valence electrons. The van der Waals surface area contributed by atoms with Crippen LogP contribution in [0.5, 0.6) is 0 Å². The maximum atomic E-state index is 13.2. The van der Waals surface area contributed by atoms with Gasteiger partial charge in [0.2, 0.25) is 17.7 Å². The minimum absolute atomic E-state index is 0.0886. The monoisotopic (exact) mass is 368 g/mol. The van der Waals surface area contributed by atoms with Crippen LogP contribution in [0.4, 0.5) is 5.69 Å². The summed E-state index contributed by atoms with van der Waals surface area (Å²) in [5.41, 5.74) is -0.767. The van der Waals surface area contributed by atoms with Crippen molar-refractivity contribution in [2.45, 2.75) is 51.6 Å². The minimum Gasteiger partial charge on any atom is -0.353 e. The number of likely N-dealkylation sites (tertiary alicyclic amines) is 1. The van der Waals surface area contributed by atoms with E-state index >= 15 is 0 Å². The molecule has 2 heterocycles. The van der Waals surface area contributed by atoms with Crippen LogP contribution in [0.2, 0.25) is 0 Å². The van der Waals surface area contributed by atoms with Crippen molar-refractivity contribution in [2.75, 3.05) is 11.9 Å². The number of carbonyl (C=O) groups excluding carboxylic acids is 3. The molecular formula is C20H24N4O3. The van der Waals surface area contributed by atoms with E-state index in [1.165, 1.54) is 4.90 Å². The Bertz CT molecular complexity index is 855. The summed E-state index contributed by atoms with van der Waals surface area (Å²) in [6, 6.07) is 8.61. The Morgan fingerprint density at radius 2 is 2.04 bits per heavy atom. The predicted molar refractivity (Wildman–Crippen MR) is 99.5 cm³/mol. The van der Waals surface area contributed by atoms with Crippen LogP contribution >= 0.6 is 0 Å². The molecule has 0 unspecified atom stereocenters. The van der Waals surface area contributed by atoms with Crippen LogP contribution in [0, 0.1) is 16.7 Å². The van der Waals surface area contributed by atoms with E-state index in [-0.39, 0.29) is 24.9 Å². The first-order valence-corrected chi connectivity index (χ1v) is 9.06. The molecule has 3 rings (SSSR count). The fourth-order valence-corrected chi connectivity index (χ4v) is 3.87. The lowest BCUT2D eigenvalue weighted by atomic mass is 9.80. The van der Waals surface area contributed by atoms with E-state index in [0.29, 0.717) is 5.69 Å². The van der Waals surface area contributed by atoms with Crippen molar-refractivity contribution in [1.29, 1.82) is 5.26 Å². The maximum Gasteiger partial charge on any atom is 0.238 e. The Morgan fingerprint density at radius 1 is 1.37 bits per heavy atom. The third-order valence-corrected chi connectivity index (χ3v) is 5.42. The summed E-state index contributed by atoms with van der Waals surface area (Å²) in [4.78, 5) is 39.9. The van der Waals surface area contributed by atoms with Gasteiger partial charge in [-0.3, -0.25) is 14.4 Å². The zero-order valence-electron chi connectivity index (χ0n) is 16.0. The minimum atomic E-state index is -1.33. The molecule has 1 saturated heterocycles. The van der Waals surface area contributed by atoms with Gasteiger partial charge in [-0.05, 0) is 39.3 Å². The average Bonchev–Trinajstić information content (AvgIpc) is 3.13. The van der Waals surface area contributed by atoms with Crippen LogP contribution < -0.4 is 10.6 Å². The number of amides is 3. The summed E-state index contributed by atoms with van der Waals surface area (Å²) in [5.74, 6) is -1.04. The highest BCUT2D eigenvalue weighted by Crippen LogP contribution is 2.47. The molecule has 2 N–H and O–H groups in total. The molecule has 0 radical (unpaired) electrons. The summed E-state index contributed by atoms with van der Waals surface area (Å²) in [5, 5.41) is 15.3. The molecule has 0 aliphatic carbocycles. The highest BCUT2D eigenvalue weighted by molar-refractivity contribution is 6.09. The van der Waals surface area contributed by atoms with Crippen molar-refractivity contribution >= 4 is 23.4 Å². The number of hydrogen-bond acceptors (Lipinski definition) is 4. The van der Waals surface area contributed by atoms with Gasteiger partial charge >= 0.3 is 0 Å². The van der Waals surface area contributed by atoms with Gasteiger partial charge in [-0.25, -0.2) is 0 Å². The number of fused-ring (bicyclic) bond motifs is 2. The van der Waals surface area contributed by atoms with Crippen LogP contribution in [0.25, 0.3) is 0 Å². The molecule has 0 aromatic heterocycles. The van der Waals surface area contributed by atoms with E-state index in [0.717, 1.165) is 5.56 Å². The molecule has 1 fully saturated rings. The van der Waals surface area contributed by atoms with E-state index in [2.05, 4.69) is 16.7 Å². The standard InChI is InChI=1S/C20H24N4O3/c1-12(2)22-16(25)19(3,4)18(27)24-11-20(9-13(24)10-21)14-7-5-6-8-15(14)23-17(20)26/h5-8,12-13H,9,11H2,1-4H3,(H,22,25)(H,23,26)/t13-,20-/m0/s1. The third-order valence-electron chi connectivity index (χ3n) is 5.42. The average molecular weight is 368 g/mol. The van der Waals surface area contributed by atoms with Crippen molar-refractivity contribution < 1.29 is 14.4 Å². The molecule has 3 amide bonds. The second kappa shape index (κ2) is 6.38. The lowest BCUT2D eigenvalue weighted by molar-refractivity contribution is -0.148. The Morgan fingerprint density at radius 3 is 2.67 bits per heavy atom. The zero-order chi connectivity index (χ0) is 20.0. The Hall–Kier alpha value is -2.88. The highest BCUT2D eigenvalue weighted by atomic mass is 16.2. The van der Waals surface area contributed by atoms with Gasteiger partial charge in [-0.2, -0.15) is 5.26 Å². The Kier molecular flexibility index (Phi) is 4.46. The van der Waals surface area contributed by atoms with Gasteiger partial charge in [0, 0.05) is 24.7 Å². The number of nitrogens with one attached hydrogen (secondary N) is 2. The zero-order valence-corrected chi connectivity index (χ0v) is 16.0. The normalized spacial score (nSPS) is 23.9. The number of nitriles is 1. The summed E-state index contributed by atoms with van der Waals surface area (Å²) in [6.45, 7) is 6.83.